The van der Waals surface area contributed by atoms with Gasteiger partial charge in [-0.2, -0.15) is 11.8 Å². The highest BCUT2D eigenvalue weighted by Crippen LogP contribution is 2.21. The van der Waals surface area contributed by atoms with Gasteiger partial charge in [0, 0.05) is 41.9 Å². The lowest BCUT2D eigenvalue weighted by atomic mass is 10.2. The summed E-state index contributed by atoms with van der Waals surface area (Å²) in [5.74, 6) is 4.32. The molecule has 134 valence electrons. The lowest BCUT2D eigenvalue weighted by molar-refractivity contribution is -0.114. The molecule has 0 saturated carbocycles. The minimum absolute atomic E-state index is 0.0864. The molecule has 1 amide bonds. The first-order valence-electron chi connectivity index (χ1n) is 8.67. The van der Waals surface area contributed by atoms with Crippen LogP contribution >= 0.6 is 11.8 Å². The zero-order valence-corrected chi connectivity index (χ0v) is 15.7. The maximum Gasteiger partial charge on any atom is 0.246 e. The quantitative estimate of drug-likeness (QED) is 0.482. The van der Waals surface area contributed by atoms with Crippen molar-refractivity contribution in [3.05, 3.63) is 29.8 Å². The molecule has 2 N–H and O–H groups in total. The van der Waals surface area contributed by atoms with Crippen molar-refractivity contribution in [2.45, 2.75) is 25.5 Å². The van der Waals surface area contributed by atoms with Gasteiger partial charge in [-0.15, -0.1) is 6.42 Å². The van der Waals surface area contributed by atoms with E-state index in [-0.39, 0.29) is 12.5 Å². The lowest BCUT2D eigenvalue weighted by Crippen LogP contribution is -2.48. The zero-order chi connectivity index (χ0) is 18.1. The summed E-state index contributed by atoms with van der Waals surface area (Å²) in [6.45, 7) is 7.05. The number of benzene rings is 1. The number of carbonyl (C=O) groups excluding carboxylic acids is 1. The number of anilines is 1. The summed E-state index contributed by atoms with van der Waals surface area (Å²) < 4.78 is 0. The summed E-state index contributed by atoms with van der Waals surface area (Å²) in [5.41, 5.74) is 1.44. The van der Waals surface area contributed by atoms with E-state index >= 15 is 0 Å². The number of terminal acetylenes is 1. The van der Waals surface area contributed by atoms with Gasteiger partial charge < -0.3 is 15.5 Å². The molecule has 1 aromatic rings. The first-order valence-corrected chi connectivity index (χ1v) is 9.72. The Balaban J connectivity index is 1.97. The van der Waals surface area contributed by atoms with Crippen LogP contribution in [0.5, 0.6) is 0 Å². The van der Waals surface area contributed by atoms with Crippen LogP contribution in [0.25, 0.3) is 0 Å². The maximum absolute atomic E-state index is 12.2. The summed E-state index contributed by atoms with van der Waals surface area (Å²) in [7, 11) is 0. The molecular weight excluding hydrogens is 332 g/mol. The molecule has 0 bridgehead atoms. The fourth-order valence-electron chi connectivity index (χ4n) is 2.62. The molecule has 1 aromatic carbocycles. The number of hydrogen-bond acceptors (Lipinski definition) is 3. The molecule has 1 unspecified atom stereocenters. The number of hydrogen-bond donors (Lipinski definition) is 2. The van der Waals surface area contributed by atoms with Crippen LogP contribution in [0.3, 0.4) is 0 Å². The van der Waals surface area contributed by atoms with E-state index in [1.807, 2.05) is 36.9 Å². The predicted molar refractivity (Wildman–Crippen MR) is 107 cm³/mol. The van der Waals surface area contributed by atoms with Crippen molar-refractivity contribution in [3.63, 3.8) is 0 Å². The number of aliphatic imine (C=N–C) groups is 1. The number of rotatable bonds is 5. The molecule has 1 heterocycles. The molecule has 1 aliphatic rings. The molecule has 6 heteroatoms. The Morgan fingerprint density at radius 1 is 1.48 bits per heavy atom. The van der Waals surface area contributed by atoms with Gasteiger partial charge in [0.25, 0.3) is 0 Å². The van der Waals surface area contributed by atoms with E-state index < -0.39 is 0 Å². The van der Waals surface area contributed by atoms with Gasteiger partial charge in [-0.1, -0.05) is 18.9 Å². The topological polar surface area (TPSA) is 56.7 Å². The highest BCUT2D eigenvalue weighted by atomic mass is 32.2. The van der Waals surface area contributed by atoms with Gasteiger partial charge in [-0.3, -0.25) is 4.79 Å². The smallest absolute Gasteiger partial charge is 0.246 e. The van der Waals surface area contributed by atoms with Crippen molar-refractivity contribution in [1.29, 1.82) is 0 Å². The standard InChI is InChI=1S/C19H26N4OS/c1-4-15-8-7-9-16(12-15)22-18(24)13-21-19(20-6-3)23-10-11-25-17(5-2)14-23/h1,7-9,12,17H,5-6,10-11,13-14H2,2-3H3,(H,20,21)(H,22,24). The average molecular weight is 359 g/mol. The number of nitrogens with one attached hydrogen (secondary N) is 2. The largest absolute Gasteiger partial charge is 0.357 e. The summed E-state index contributed by atoms with van der Waals surface area (Å²) in [4.78, 5) is 19.0. The normalized spacial score (nSPS) is 17.7. The number of guanidine groups is 1. The van der Waals surface area contributed by atoms with Crippen molar-refractivity contribution in [3.8, 4) is 12.3 Å². The Morgan fingerprint density at radius 2 is 2.32 bits per heavy atom. The van der Waals surface area contributed by atoms with E-state index in [0.29, 0.717) is 10.9 Å². The molecule has 1 aliphatic heterocycles. The number of thioether (sulfide) groups is 1. The van der Waals surface area contributed by atoms with Gasteiger partial charge >= 0.3 is 0 Å². The molecule has 0 aromatic heterocycles. The van der Waals surface area contributed by atoms with E-state index in [4.69, 9.17) is 6.42 Å². The SMILES string of the molecule is C#Cc1cccc(NC(=O)CN=C(NCC)N2CCSC(CC)C2)c1. The highest BCUT2D eigenvalue weighted by molar-refractivity contribution is 8.00. The maximum atomic E-state index is 12.2. The van der Waals surface area contributed by atoms with Crippen LogP contribution in [-0.4, -0.2) is 53.9 Å². The number of nitrogens with zero attached hydrogens (tertiary/aromatic N) is 2. The van der Waals surface area contributed by atoms with Gasteiger partial charge in [-0.05, 0) is 31.5 Å². The Bertz CT molecular complexity index is 653. The van der Waals surface area contributed by atoms with Crippen molar-refractivity contribution in [2.24, 2.45) is 4.99 Å². The molecule has 25 heavy (non-hydrogen) atoms. The highest BCUT2D eigenvalue weighted by Gasteiger charge is 2.21. The Labute approximate surface area is 154 Å². The molecule has 1 saturated heterocycles. The first kappa shape index (κ1) is 19.2. The van der Waals surface area contributed by atoms with Crippen molar-refractivity contribution >= 4 is 29.3 Å². The van der Waals surface area contributed by atoms with Gasteiger partial charge in [0.1, 0.15) is 6.54 Å². The van der Waals surface area contributed by atoms with E-state index in [9.17, 15) is 4.79 Å². The van der Waals surface area contributed by atoms with Crippen LogP contribution in [-0.2, 0) is 4.79 Å². The van der Waals surface area contributed by atoms with Crippen LogP contribution in [0.1, 0.15) is 25.8 Å². The van der Waals surface area contributed by atoms with E-state index in [1.54, 1.807) is 6.07 Å². The summed E-state index contributed by atoms with van der Waals surface area (Å²) in [6, 6.07) is 7.26. The average Bonchev–Trinajstić information content (AvgIpc) is 2.65. The third-order valence-corrected chi connectivity index (χ3v) is 5.29. The van der Waals surface area contributed by atoms with Crippen LogP contribution < -0.4 is 10.6 Å². The second-order valence-electron chi connectivity index (χ2n) is 5.79. The fourth-order valence-corrected chi connectivity index (χ4v) is 3.80. The van der Waals surface area contributed by atoms with Crippen LogP contribution in [0.2, 0.25) is 0 Å². The monoisotopic (exact) mass is 358 g/mol. The molecule has 2 rings (SSSR count). The molecule has 1 fully saturated rings. The van der Waals surface area contributed by atoms with Gasteiger partial charge in [0.2, 0.25) is 5.91 Å². The first-order chi connectivity index (χ1) is 12.2. The Hall–Kier alpha value is -2.13. The van der Waals surface area contributed by atoms with Gasteiger partial charge in [0.05, 0.1) is 0 Å². The third kappa shape index (κ3) is 6.02. The van der Waals surface area contributed by atoms with Gasteiger partial charge in [-0.25, -0.2) is 4.99 Å². The molecule has 0 spiro atoms. The summed E-state index contributed by atoms with van der Waals surface area (Å²) >= 11 is 2.01. The van der Waals surface area contributed by atoms with Crippen molar-refractivity contribution < 1.29 is 4.79 Å². The second kappa shape index (κ2) is 10.00. The molecule has 0 aliphatic carbocycles. The number of amides is 1. The lowest BCUT2D eigenvalue weighted by Gasteiger charge is -2.34. The van der Waals surface area contributed by atoms with Crippen LogP contribution in [0.4, 0.5) is 5.69 Å². The van der Waals surface area contributed by atoms with E-state index in [0.717, 1.165) is 43.3 Å². The molecular formula is C19H26N4OS. The Kier molecular flexibility index (Phi) is 7.68. The molecule has 0 radical (unpaired) electrons. The molecule has 1 atom stereocenters. The van der Waals surface area contributed by atoms with Crippen molar-refractivity contribution in [2.75, 3.05) is 37.2 Å². The second-order valence-corrected chi connectivity index (χ2v) is 7.20. The summed E-state index contributed by atoms with van der Waals surface area (Å²) in [6.07, 6.45) is 6.53. The van der Waals surface area contributed by atoms with Crippen LogP contribution in [0, 0.1) is 12.3 Å². The fraction of sp³-hybridized carbons (Fsp3) is 0.474. The van der Waals surface area contributed by atoms with Crippen molar-refractivity contribution in [1.82, 2.24) is 10.2 Å². The predicted octanol–water partition coefficient (Wildman–Crippen LogP) is 2.40. The minimum atomic E-state index is -0.150. The van der Waals surface area contributed by atoms with E-state index in [1.165, 1.54) is 0 Å². The van der Waals surface area contributed by atoms with Crippen LogP contribution in [0.15, 0.2) is 29.3 Å². The minimum Gasteiger partial charge on any atom is -0.357 e. The third-order valence-electron chi connectivity index (χ3n) is 3.91. The summed E-state index contributed by atoms with van der Waals surface area (Å²) in [5, 5.41) is 6.76. The molecule has 5 nitrogen and oxygen atoms in total. The number of carbonyl (C=O) groups is 1. The Morgan fingerprint density at radius 3 is 3.04 bits per heavy atom. The van der Waals surface area contributed by atoms with E-state index in [2.05, 4.69) is 33.4 Å². The zero-order valence-electron chi connectivity index (χ0n) is 14.9. The van der Waals surface area contributed by atoms with Gasteiger partial charge in [0.15, 0.2) is 5.96 Å².